The predicted molar refractivity (Wildman–Crippen MR) is 49.6 cm³/mol. The molecule has 0 aromatic heterocycles. The number of carbonyl (C=O) groups is 1. The Kier molecular flexibility index (Phi) is 2.32. The molecule has 2 atom stereocenters. The second-order valence-corrected chi connectivity index (χ2v) is 3.44. The fourth-order valence-corrected chi connectivity index (χ4v) is 1.59. The van der Waals surface area contributed by atoms with E-state index in [1.54, 1.807) is 0 Å². The number of primary amides is 1. The molecule has 5 heteroatoms. The molecule has 1 aliphatic rings. The Morgan fingerprint density at radius 2 is 2.33 bits per heavy atom. The first-order valence-electron chi connectivity index (χ1n) is 4.51. The minimum atomic E-state index is -0.915. The van der Waals surface area contributed by atoms with Gasteiger partial charge in [-0.2, -0.15) is 0 Å². The maximum absolute atomic E-state index is 12.9. The summed E-state index contributed by atoms with van der Waals surface area (Å²) in [6.45, 7) is 0. The monoisotopic (exact) mass is 211 g/mol. The Hall–Kier alpha value is -1.62. The number of rotatable bonds is 1. The van der Waals surface area contributed by atoms with E-state index in [0.29, 0.717) is 11.3 Å². The molecule has 2 rings (SSSR count). The van der Waals surface area contributed by atoms with Gasteiger partial charge in [-0.25, -0.2) is 4.39 Å². The summed E-state index contributed by atoms with van der Waals surface area (Å²) in [4.78, 5) is 10.9. The molecule has 1 aliphatic heterocycles. The highest BCUT2D eigenvalue weighted by atomic mass is 19.1. The molecule has 0 spiro atoms. The summed E-state index contributed by atoms with van der Waals surface area (Å²) in [5.74, 6) is -0.781. The van der Waals surface area contributed by atoms with E-state index in [-0.39, 0.29) is 6.42 Å². The number of ether oxygens (including phenoxy) is 1. The van der Waals surface area contributed by atoms with E-state index < -0.39 is 23.9 Å². The maximum atomic E-state index is 12.9. The highest BCUT2D eigenvalue weighted by Crippen LogP contribution is 2.34. The van der Waals surface area contributed by atoms with Crippen LogP contribution in [0.5, 0.6) is 5.75 Å². The van der Waals surface area contributed by atoms with Crippen LogP contribution in [0.25, 0.3) is 0 Å². The van der Waals surface area contributed by atoms with Crippen LogP contribution in [0.4, 0.5) is 4.39 Å². The van der Waals surface area contributed by atoms with Crippen LogP contribution in [0.15, 0.2) is 18.2 Å². The minimum absolute atomic E-state index is 0.0613. The highest BCUT2D eigenvalue weighted by Gasteiger charge is 2.30. The van der Waals surface area contributed by atoms with E-state index in [0.717, 1.165) is 0 Å². The van der Waals surface area contributed by atoms with Gasteiger partial charge in [0.05, 0.1) is 6.10 Å². The van der Waals surface area contributed by atoms with Gasteiger partial charge >= 0.3 is 0 Å². The van der Waals surface area contributed by atoms with Crippen LogP contribution in [0.2, 0.25) is 0 Å². The SMILES string of the molecule is NC(=O)[C@@H]1C[C@@H](O)c2cc(F)ccc2O1. The average molecular weight is 211 g/mol. The molecule has 0 bridgehead atoms. The fraction of sp³-hybridized carbons (Fsp3) is 0.300. The molecular weight excluding hydrogens is 201 g/mol. The zero-order chi connectivity index (χ0) is 11.0. The minimum Gasteiger partial charge on any atom is -0.480 e. The second-order valence-electron chi connectivity index (χ2n) is 3.44. The molecule has 80 valence electrons. The van der Waals surface area contributed by atoms with Crippen molar-refractivity contribution in [2.45, 2.75) is 18.6 Å². The molecule has 1 aromatic rings. The second kappa shape index (κ2) is 3.51. The van der Waals surface area contributed by atoms with E-state index in [1.165, 1.54) is 18.2 Å². The van der Waals surface area contributed by atoms with Crippen molar-refractivity contribution in [1.29, 1.82) is 0 Å². The number of aliphatic hydroxyl groups is 1. The number of carbonyl (C=O) groups excluding carboxylic acids is 1. The molecule has 1 heterocycles. The molecule has 0 fully saturated rings. The van der Waals surface area contributed by atoms with Crippen molar-refractivity contribution >= 4 is 5.91 Å². The van der Waals surface area contributed by atoms with Crippen molar-refractivity contribution in [3.05, 3.63) is 29.6 Å². The van der Waals surface area contributed by atoms with E-state index in [4.69, 9.17) is 10.5 Å². The van der Waals surface area contributed by atoms with Crippen molar-refractivity contribution in [1.82, 2.24) is 0 Å². The van der Waals surface area contributed by atoms with Crippen molar-refractivity contribution in [3.8, 4) is 5.75 Å². The first kappa shape index (κ1) is 9.92. The molecule has 0 radical (unpaired) electrons. The molecule has 1 aromatic carbocycles. The number of hydrogen-bond acceptors (Lipinski definition) is 3. The van der Waals surface area contributed by atoms with Gasteiger partial charge in [-0.15, -0.1) is 0 Å². The quantitative estimate of drug-likeness (QED) is 0.710. The normalized spacial score (nSPS) is 24.1. The van der Waals surface area contributed by atoms with Gasteiger partial charge in [-0.3, -0.25) is 4.79 Å². The number of nitrogens with two attached hydrogens (primary N) is 1. The van der Waals surface area contributed by atoms with Gasteiger partial charge in [-0.1, -0.05) is 0 Å². The molecule has 1 amide bonds. The lowest BCUT2D eigenvalue weighted by Gasteiger charge is -2.27. The van der Waals surface area contributed by atoms with Crippen molar-refractivity contribution in [3.63, 3.8) is 0 Å². The van der Waals surface area contributed by atoms with Crippen molar-refractivity contribution in [2.24, 2.45) is 5.73 Å². The summed E-state index contributed by atoms with van der Waals surface area (Å²) in [6.07, 6.45) is -1.70. The Morgan fingerprint density at radius 1 is 1.60 bits per heavy atom. The summed E-state index contributed by atoms with van der Waals surface area (Å²) < 4.78 is 18.1. The fourth-order valence-electron chi connectivity index (χ4n) is 1.59. The van der Waals surface area contributed by atoms with Crippen molar-refractivity contribution < 1.29 is 19.0 Å². The van der Waals surface area contributed by atoms with E-state index in [9.17, 15) is 14.3 Å². The van der Waals surface area contributed by atoms with Gasteiger partial charge < -0.3 is 15.6 Å². The number of aliphatic hydroxyl groups excluding tert-OH is 1. The van der Waals surface area contributed by atoms with Gasteiger partial charge in [-0.05, 0) is 18.2 Å². The number of fused-ring (bicyclic) bond motifs is 1. The van der Waals surface area contributed by atoms with Gasteiger partial charge in [0.25, 0.3) is 5.91 Å². The lowest BCUT2D eigenvalue weighted by Crippen LogP contribution is -2.37. The Morgan fingerprint density at radius 3 is 3.00 bits per heavy atom. The summed E-state index contributed by atoms with van der Waals surface area (Å²) >= 11 is 0. The zero-order valence-corrected chi connectivity index (χ0v) is 7.81. The summed E-state index contributed by atoms with van der Waals surface area (Å²) in [5.41, 5.74) is 5.42. The third kappa shape index (κ3) is 1.78. The lowest BCUT2D eigenvalue weighted by atomic mass is 9.99. The third-order valence-electron chi connectivity index (χ3n) is 2.35. The maximum Gasteiger partial charge on any atom is 0.258 e. The summed E-state index contributed by atoms with van der Waals surface area (Å²) in [5, 5.41) is 9.65. The molecule has 3 N–H and O–H groups in total. The van der Waals surface area contributed by atoms with Crippen LogP contribution < -0.4 is 10.5 Å². The van der Waals surface area contributed by atoms with Crippen LogP contribution in [-0.2, 0) is 4.79 Å². The number of hydrogen-bond donors (Lipinski definition) is 2. The standard InChI is InChI=1S/C10H10FNO3/c11-5-1-2-8-6(3-5)7(13)4-9(15-8)10(12)14/h1-3,7,9,13H,4H2,(H2,12,14)/t7-,9+/m1/s1. The third-order valence-corrected chi connectivity index (χ3v) is 2.35. The van der Waals surface area contributed by atoms with E-state index in [1.807, 2.05) is 0 Å². The van der Waals surface area contributed by atoms with Crippen LogP contribution in [0.3, 0.4) is 0 Å². The number of benzene rings is 1. The van der Waals surface area contributed by atoms with E-state index >= 15 is 0 Å². The Balaban J connectivity index is 2.36. The number of amides is 1. The molecule has 0 saturated carbocycles. The smallest absolute Gasteiger partial charge is 0.258 e. The van der Waals surface area contributed by atoms with Gasteiger partial charge in [0.2, 0.25) is 0 Å². The van der Waals surface area contributed by atoms with E-state index in [2.05, 4.69) is 0 Å². The predicted octanol–water partition coefficient (Wildman–Crippen LogP) is 0.496. The first-order chi connectivity index (χ1) is 7.08. The first-order valence-corrected chi connectivity index (χ1v) is 4.51. The van der Waals surface area contributed by atoms with Crippen LogP contribution in [-0.4, -0.2) is 17.1 Å². The largest absolute Gasteiger partial charge is 0.480 e. The lowest BCUT2D eigenvalue weighted by molar-refractivity contribution is -0.127. The highest BCUT2D eigenvalue weighted by molar-refractivity contribution is 5.79. The number of halogens is 1. The van der Waals surface area contributed by atoms with Gasteiger partial charge in [0.1, 0.15) is 11.6 Å². The van der Waals surface area contributed by atoms with Crippen LogP contribution >= 0.6 is 0 Å². The van der Waals surface area contributed by atoms with Crippen molar-refractivity contribution in [2.75, 3.05) is 0 Å². The summed E-state index contributed by atoms with van der Waals surface area (Å²) in [6, 6.07) is 3.77. The zero-order valence-electron chi connectivity index (χ0n) is 7.81. The Labute approximate surface area is 85.5 Å². The van der Waals surface area contributed by atoms with Crippen LogP contribution in [0, 0.1) is 5.82 Å². The van der Waals surface area contributed by atoms with Gasteiger partial charge in [0, 0.05) is 12.0 Å². The molecule has 15 heavy (non-hydrogen) atoms. The van der Waals surface area contributed by atoms with Gasteiger partial charge in [0.15, 0.2) is 6.10 Å². The molecule has 4 nitrogen and oxygen atoms in total. The molecule has 0 saturated heterocycles. The summed E-state index contributed by atoms with van der Waals surface area (Å²) in [7, 11) is 0. The molecule has 0 aliphatic carbocycles. The molecule has 0 unspecified atom stereocenters. The van der Waals surface area contributed by atoms with Crippen LogP contribution in [0.1, 0.15) is 18.1 Å². The Bertz CT molecular complexity index is 408. The molecular formula is C10H10FNO3. The average Bonchev–Trinajstić information content (AvgIpc) is 2.18. The topological polar surface area (TPSA) is 72.6 Å².